The number of nitro benzene ring substituents is 1. The summed E-state index contributed by atoms with van der Waals surface area (Å²) in [6.45, 7) is 6.89. The highest BCUT2D eigenvalue weighted by atomic mass is 16.6. The van der Waals surface area contributed by atoms with Crippen molar-refractivity contribution in [1.82, 2.24) is 14.8 Å². The first-order valence-corrected chi connectivity index (χ1v) is 6.81. The molecule has 0 aliphatic heterocycles. The Labute approximate surface area is 122 Å². The van der Waals surface area contributed by atoms with Crippen LogP contribution in [0, 0.1) is 23.0 Å². The van der Waals surface area contributed by atoms with Gasteiger partial charge in [-0.3, -0.25) is 10.1 Å². The Balaban J connectivity index is 2.54. The Hall–Kier alpha value is -2.28. The van der Waals surface area contributed by atoms with Gasteiger partial charge in [0.15, 0.2) is 5.82 Å². The molecule has 2 aromatic rings. The van der Waals surface area contributed by atoms with Gasteiger partial charge in [-0.1, -0.05) is 26.0 Å². The van der Waals surface area contributed by atoms with Crippen molar-refractivity contribution in [2.24, 2.45) is 11.7 Å². The third-order valence-electron chi connectivity index (χ3n) is 3.22. The van der Waals surface area contributed by atoms with Crippen molar-refractivity contribution in [3.8, 4) is 11.4 Å². The van der Waals surface area contributed by atoms with Crippen LogP contribution in [0.25, 0.3) is 11.4 Å². The van der Waals surface area contributed by atoms with Crippen LogP contribution in [0.15, 0.2) is 18.2 Å². The first-order chi connectivity index (χ1) is 9.93. The van der Waals surface area contributed by atoms with Crippen molar-refractivity contribution < 1.29 is 4.92 Å². The zero-order valence-corrected chi connectivity index (χ0v) is 12.4. The maximum atomic E-state index is 11.1. The average Bonchev–Trinajstić information content (AvgIpc) is 2.81. The van der Waals surface area contributed by atoms with E-state index in [1.807, 2.05) is 10.6 Å². The lowest BCUT2D eigenvalue weighted by atomic mass is 10.1. The number of nitro groups is 1. The van der Waals surface area contributed by atoms with E-state index in [0.717, 1.165) is 6.54 Å². The van der Waals surface area contributed by atoms with E-state index in [4.69, 9.17) is 5.73 Å². The van der Waals surface area contributed by atoms with Crippen LogP contribution in [0.2, 0.25) is 0 Å². The molecule has 0 atom stereocenters. The summed E-state index contributed by atoms with van der Waals surface area (Å²) in [5.74, 6) is 1.69. The van der Waals surface area contributed by atoms with E-state index < -0.39 is 0 Å². The Kier molecular flexibility index (Phi) is 4.32. The Morgan fingerprint density at radius 3 is 2.67 bits per heavy atom. The van der Waals surface area contributed by atoms with Gasteiger partial charge in [0, 0.05) is 23.7 Å². The average molecular weight is 289 g/mol. The first-order valence-electron chi connectivity index (χ1n) is 6.81. The third kappa shape index (κ3) is 3.08. The van der Waals surface area contributed by atoms with Crippen molar-refractivity contribution in [2.75, 3.05) is 0 Å². The van der Waals surface area contributed by atoms with Gasteiger partial charge in [0.2, 0.25) is 0 Å². The molecule has 0 radical (unpaired) electrons. The largest absolute Gasteiger partial charge is 0.324 e. The molecule has 0 amide bonds. The molecule has 0 aliphatic rings. The second kappa shape index (κ2) is 6.01. The van der Waals surface area contributed by atoms with Crippen molar-refractivity contribution in [3.63, 3.8) is 0 Å². The van der Waals surface area contributed by atoms with Crippen LogP contribution in [0.3, 0.4) is 0 Å². The molecule has 2 N–H and O–H groups in total. The number of benzene rings is 1. The molecule has 0 spiro atoms. The third-order valence-corrected chi connectivity index (χ3v) is 3.22. The molecule has 1 aromatic heterocycles. The number of rotatable bonds is 5. The van der Waals surface area contributed by atoms with Crippen molar-refractivity contribution in [1.29, 1.82) is 0 Å². The Bertz CT molecular complexity index is 663. The van der Waals surface area contributed by atoms with E-state index in [-0.39, 0.29) is 17.2 Å². The Morgan fingerprint density at radius 2 is 2.10 bits per heavy atom. The van der Waals surface area contributed by atoms with Gasteiger partial charge in [-0.25, -0.2) is 0 Å². The van der Waals surface area contributed by atoms with Gasteiger partial charge in [-0.15, -0.1) is 10.2 Å². The molecular weight excluding hydrogens is 270 g/mol. The molecule has 7 nitrogen and oxygen atoms in total. The monoisotopic (exact) mass is 289 g/mol. The van der Waals surface area contributed by atoms with Crippen LogP contribution < -0.4 is 5.73 Å². The maximum Gasteiger partial charge on any atom is 0.273 e. The summed E-state index contributed by atoms with van der Waals surface area (Å²) in [5.41, 5.74) is 7.08. The molecule has 1 heterocycles. The van der Waals surface area contributed by atoms with Gasteiger partial charge in [0.25, 0.3) is 5.69 Å². The summed E-state index contributed by atoms with van der Waals surface area (Å²) in [7, 11) is 0. The van der Waals surface area contributed by atoms with E-state index >= 15 is 0 Å². The second-order valence-electron chi connectivity index (χ2n) is 5.41. The summed E-state index contributed by atoms with van der Waals surface area (Å²) in [5, 5.41) is 19.3. The fraction of sp³-hybridized carbons (Fsp3) is 0.429. The van der Waals surface area contributed by atoms with Gasteiger partial charge < -0.3 is 10.3 Å². The molecular formula is C14H19N5O2. The summed E-state index contributed by atoms with van der Waals surface area (Å²) in [4.78, 5) is 10.7. The van der Waals surface area contributed by atoms with E-state index in [9.17, 15) is 10.1 Å². The number of nitrogens with zero attached hydrogens (tertiary/aromatic N) is 4. The normalized spacial score (nSPS) is 11.1. The molecule has 21 heavy (non-hydrogen) atoms. The number of hydrogen-bond acceptors (Lipinski definition) is 5. The van der Waals surface area contributed by atoms with Crippen LogP contribution >= 0.6 is 0 Å². The topological polar surface area (TPSA) is 99.9 Å². The first kappa shape index (κ1) is 15.1. The molecule has 0 bridgehead atoms. The highest BCUT2D eigenvalue weighted by Gasteiger charge is 2.18. The number of nitrogens with two attached hydrogens (primary N) is 1. The molecule has 0 saturated heterocycles. The minimum atomic E-state index is -0.383. The lowest BCUT2D eigenvalue weighted by molar-refractivity contribution is -0.385. The van der Waals surface area contributed by atoms with Crippen molar-refractivity contribution in [2.45, 2.75) is 33.9 Å². The molecule has 0 aliphatic carbocycles. The highest BCUT2D eigenvalue weighted by Crippen LogP contribution is 2.26. The quantitative estimate of drug-likeness (QED) is 0.672. The number of hydrogen-bond donors (Lipinski definition) is 1. The zero-order valence-electron chi connectivity index (χ0n) is 12.4. The van der Waals surface area contributed by atoms with Crippen molar-refractivity contribution >= 4 is 5.69 Å². The standard InChI is InChI=1S/C14H19N5O2/c1-9(2)8-18-13(7-15)16-17-14(18)11-5-4-10(3)12(6-11)19(20)21/h4-6,9H,7-8,15H2,1-3H3. The van der Waals surface area contributed by atoms with Crippen LogP contribution in [0.4, 0.5) is 5.69 Å². The van der Waals surface area contributed by atoms with E-state index in [2.05, 4.69) is 24.0 Å². The lowest BCUT2D eigenvalue weighted by Crippen LogP contribution is -2.13. The van der Waals surface area contributed by atoms with E-state index in [1.54, 1.807) is 13.0 Å². The smallest absolute Gasteiger partial charge is 0.273 e. The highest BCUT2D eigenvalue weighted by molar-refractivity contribution is 5.61. The van der Waals surface area contributed by atoms with E-state index in [0.29, 0.717) is 28.7 Å². The minimum absolute atomic E-state index is 0.0842. The summed E-state index contributed by atoms with van der Waals surface area (Å²) < 4.78 is 1.93. The molecule has 0 saturated carbocycles. The van der Waals surface area contributed by atoms with Gasteiger partial charge >= 0.3 is 0 Å². The Morgan fingerprint density at radius 1 is 1.38 bits per heavy atom. The molecule has 1 aromatic carbocycles. The van der Waals surface area contributed by atoms with E-state index in [1.165, 1.54) is 6.07 Å². The van der Waals surface area contributed by atoms with Crippen LogP contribution in [0.5, 0.6) is 0 Å². The summed E-state index contributed by atoms with van der Waals surface area (Å²) in [6, 6.07) is 5.09. The predicted octanol–water partition coefficient (Wildman–Crippen LogP) is 2.28. The van der Waals surface area contributed by atoms with Gasteiger partial charge in [-0.05, 0) is 12.8 Å². The van der Waals surface area contributed by atoms with Crippen LogP contribution in [-0.2, 0) is 13.1 Å². The van der Waals surface area contributed by atoms with Gasteiger partial charge in [0.05, 0.1) is 11.5 Å². The van der Waals surface area contributed by atoms with Crippen LogP contribution in [0.1, 0.15) is 25.2 Å². The fourth-order valence-electron chi connectivity index (χ4n) is 2.20. The van der Waals surface area contributed by atoms with Crippen molar-refractivity contribution in [3.05, 3.63) is 39.7 Å². The zero-order chi connectivity index (χ0) is 15.6. The van der Waals surface area contributed by atoms with Crippen LogP contribution in [-0.4, -0.2) is 19.7 Å². The molecule has 2 rings (SSSR count). The summed E-state index contributed by atoms with van der Waals surface area (Å²) in [6.07, 6.45) is 0. The number of aromatic nitrogens is 3. The minimum Gasteiger partial charge on any atom is -0.324 e. The fourth-order valence-corrected chi connectivity index (χ4v) is 2.20. The maximum absolute atomic E-state index is 11.1. The summed E-state index contributed by atoms with van der Waals surface area (Å²) >= 11 is 0. The molecule has 0 fully saturated rings. The number of aryl methyl sites for hydroxylation is 1. The lowest BCUT2D eigenvalue weighted by Gasteiger charge is -2.12. The molecule has 7 heteroatoms. The molecule has 112 valence electrons. The van der Waals surface area contributed by atoms with Gasteiger partial charge in [-0.2, -0.15) is 0 Å². The SMILES string of the molecule is Cc1ccc(-c2nnc(CN)n2CC(C)C)cc1[N+](=O)[O-]. The van der Waals surface area contributed by atoms with Gasteiger partial charge in [0.1, 0.15) is 5.82 Å². The predicted molar refractivity (Wildman–Crippen MR) is 79.6 cm³/mol. The molecule has 0 unspecified atom stereocenters. The second-order valence-corrected chi connectivity index (χ2v) is 5.41.